The fraction of sp³-hybridized carbons (Fsp3) is 0.400. The van der Waals surface area contributed by atoms with Crippen LogP contribution in [0.4, 0.5) is 11.5 Å². The number of hydrogen-bond donors (Lipinski definition) is 2. The summed E-state index contributed by atoms with van der Waals surface area (Å²) in [6, 6.07) is 3.55. The van der Waals surface area contributed by atoms with E-state index in [9.17, 15) is 4.79 Å². The molecule has 0 saturated carbocycles. The van der Waals surface area contributed by atoms with Gasteiger partial charge in [0.2, 0.25) is 5.91 Å². The van der Waals surface area contributed by atoms with Gasteiger partial charge in [-0.25, -0.2) is 4.98 Å². The molecule has 0 aliphatic carbocycles. The standard InChI is InChI=1S/C10H16N4O/c1-14(2)10(15)5-6-12-9-4-3-8(11)7-13-9/h3-4,7H,5-6,11H2,1-2H3,(H,12,13). The molecule has 0 aromatic carbocycles. The molecule has 15 heavy (non-hydrogen) atoms. The molecule has 82 valence electrons. The Labute approximate surface area is 89.3 Å². The van der Waals surface area contributed by atoms with Gasteiger partial charge in [-0.05, 0) is 12.1 Å². The summed E-state index contributed by atoms with van der Waals surface area (Å²) < 4.78 is 0. The first kappa shape index (κ1) is 11.3. The number of pyridine rings is 1. The number of anilines is 2. The average Bonchev–Trinajstić information content (AvgIpc) is 2.20. The van der Waals surface area contributed by atoms with Gasteiger partial charge in [0.05, 0.1) is 11.9 Å². The lowest BCUT2D eigenvalue weighted by Crippen LogP contribution is -2.24. The fourth-order valence-corrected chi connectivity index (χ4v) is 1.03. The minimum absolute atomic E-state index is 0.0953. The molecule has 0 aliphatic rings. The number of hydrogen-bond acceptors (Lipinski definition) is 4. The molecule has 1 rings (SSSR count). The second kappa shape index (κ2) is 5.19. The minimum Gasteiger partial charge on any atom is -0.397 e. The lowest BCUT2D eigenvalue weighted by Gasteiger charge is -2.10. The number of nitrogens with one attached hydrogen (secondary N) is 1. The van der Waals surface area contributed by atoms with Crippen molar-refractivity contribution in [1.82, 2.24) is 9.88 Å². The number of aromatic nitrogens is 1. The molecule has 1 aromatic heterocycles. The van der Waals surface area contributed by atoms with Crippen LogP contribution in [0.5, 0.6) is 0 Å². The van der Waals surface area contributed by atoms with Crippen molar-refractivity contribution in [2.45, 2.75) is 6.42 Å². The van der Waals surface area contributed by atoms with Crippen LogP contribution in [0.2, 0.25) is 0 Å². The molecule has 5 heteroatoms. The summed E-state index contributed by atoms with van der Waals surface area (Å²) in [6.45, 7) is 0.577. The first-order valence-electron chi connectivity index (χ1n) is 4.75. The minimum atomic E-state index is 0.0953. The van der Waals surface area contributed by atoms with Gasteiger partial charge in [0.25, 0.3) is 0 Å². The van der Waals surface area contributed by atoms with Crippen LogP contribution in [0.3, 0.4) is 0 Å². The Morgan fingerprint density at radius 3 is 2.80 bits per heavy atom. The van der Waals surface area contributed by atoms with Crippen LogP contribution in [0.15, 0.2) is 18.3 Å². The summed E-state index contributed by atoms with van der Waals surface area (Å²) in [4.78, 5) is 16.9. The topological polar surface area (TPSA) is 71.2 Å². The van der Waals surface area contributed by atoms with Crippen LogP contribution in [0.1, 0.15) is 6.42 Å². The Bertz CT molecular complexity index is 321. The molecule has 0 saturated heterocycles. The molecule has 5 nitrogen and oxygen atoms in total. The fourth-order valence-electron chi connectivity index (χ4n) is 1.03. The highest BCUT2D eigenvalue weighted by Crippen LogP contribution is 2.05. The zero-order chi connectivity index (χ0) is 11.3. The van der Waals surface area contributed by atoms with E-state index in [0.29, 0.717) is 18.7 Å². The van der Waals surface area contributed by atoms with Crippen LogP contribution >= 0.6 is 0 Å². The maximum Gasteiger partial charge on any atom is 0.223 e. The first-order valence-corrected chi connectivity index (χ1v) is 4.75. The number of nitrogen functional groups attached to an aromatic ring is 1. The van der Waals surface area contributed by atoms with Gasteiger partial charge in [-0.1, -0.05) is 0 Å². The molecule has 0 aliphatic heterocycles. The third-order valence-corrected chi connectivity index (χ3v) is 1.93. The maximum absolute atomic E-state index is 11.2. The van der Waals surface area contributed by atoms with Crippen LogP contribution in [0.25, 0.3) is 0 Å². The summed E-state index contributed by atoms with van der Waals surface area (Å²) in [5, 5.41) is 3.04. The molecule has 1 heterocycles. The molecule has 3 N–H and O–H groups in total. The van der Waals surface area contributed by atoms with Crippen molar-refractivity contribution >= 4 is 17.4 Å². The van der Waals surface area contributed by atoms with E-state index in [1.54, 1.807) is 37.3 Å². The van der Waals surface area contributed by atoms with Crippen molar-refractivity contribution in [3.05, 3.63) is 18.3 Å². The molecular weight excluding hydrogens is 192 g/mol. The smallest absolute Gasteiger partial charge is 0.223 e. The van der Waals surface area contributed by atoms with E-state index in [0.717, 1.165) is 5.82 Å². The van der Waals surface area contributed by atoms with Crippen molar-refractivity contribution in [2.24, 2.45) is 0 Å². The van der Waals surface area contributed by atoms with Crippen molar-refractivity contribution in [2.75, 3.05) is 31.7 Å². The van der Waals surface area contributed by atoms with Crippen LogP contribution in [-0.2, 0) is 4.79 Å². The van der Waals surface area contributed by atoms with Crippen molar-refractivity contribution in [3.63, 3.8) is 0 Å². The van der Waals surface area contributed by atoms with Gasteiger partial charge in [-0.15, -0.1) is 0 Å². The Morgan fingerprint density at radius 1 is 1.53 bits per heavy atom. The van der Waals surface area contributed by atoms with Crippen molar-refractivity contribution < 1.29 is 4.79 Å². The molecule has 0 unspecified atom stereocenters. The molecule has 0 bridgehead atoms. The zero-order valence-corrected chi connectivity index (χ0v) is 9.03. The third kappa shape index (κ3) is 3.84. The van der Waals surface area contributed by atoms with E-state index in [1.165, 1.54) is 0 Å². The summed E-state index contributed by atoms with van der Waals surface area (Å²) in [5.74, 6) is 0.828. The average molecular weight is 208 g/mol. The number of rotatable bonds is 4. The highest BCUT2D eigenvalue weighted by molar-refractivity contribution is 5.76. The molecule has 1 aromatic rings. The SMILES string of the molecule is CN(C)C(=O)CCNc1ccc(N)cn1. The molecule has 0 spiro atoms. The maximum atomic E-state index is 11.2. The predicted molar refractivity (Wildman–Crippen MR) is 60.5 cm³/mol. The second-order valence-corrected chi connectivity index (χ2v) is 3.44. The Hall–Kier alpha value is -1.78. The quantitative estimate of drug-likeness (QED) is 0.758. The highest BCUT2D eigenvalue weighted by Gasteiger charge is 2.02. The van der Waals surface area contributed by atoms with E-state index < -0.39 is 0 Å². The Kier molecular flexibility index (Phi) is 3.91. The number of carbonyl (C=O) groups excluding carboxylic acids is 1. The zero-order valence-electron chi connectivity index (χ0n) is 9.03. The Balaban J connectivity index is 2.32. The van der Waals surface area contributed by atoms with Gasteiger partial charge >= 0.3 is 0 Å². The largest absolute Gasteiger partial charge is 0.397 e. The summed E-state index contributed by atoms with van der Waals surface area (Å²) in [6.07, 6.45) is 2.04. The molecule has 0 atom stereocenters. The van der Waals surface area contributed by atoms with Crippen molar-refractivity contribution in [3.8, 4) is 0 Å². The van der Waals surface area contributed by atoms with Gasteiger partial charge in [-0.3, -0.25) is 4.79 Å². The van der Waals surface area contributed by atoms with Crippen LogP contribution < -0.4 is 11.1 Å². The monoisotopic (exact) mass is 208 g/mol. The lowest BCUT2D eigenvalue weighted by atomic mass is 10.3. The third-order valence-electron chi connectivity index (χ3n) is 1.93. The number of carbonyl (C=O) groups is 1. The van der Waals surface area contributed by atoms with E-state index in [1.807, 2.05) is 0 Å². The number of amides is 1. The number of nitrogens with zero attached hydrogens (tertiary/aromatic N) is 2. The summed E-state index contributed by atoms with van der Waals surface area (Å²) in [5.41, 5.74) is 6.12. The molecular formula is C10H16N4O. The highest BCUT2D eigenvalue weighted by atomic mass is 16.2. The number of nitrogens with two attached hydrogens (primary N) is 1. The van der Waals surface area contributed by atoms with Crippen molar-refractivity contribution in [1.29, 1.82) is 0 Å². The van der Waals surface area contributed by atoms with E-state index in [2.05, 4.69) is 10.3 Å². The molecule has 1 amide bonds. The molecule has 0 fully saturated rings. The summed E-state index contributed by atoms with van der Waals surface area (Å²) >= 11 is 0. The van der Waals surface area contributed by atoms with Crippen LogP contribution in [0, 0.1) is 0 Å². The van der Waals surface area contributed by atoms with E-state index >= 15 is 0 Å². The van der Waals surface area contributed by atoms with Gasteiger partial charge in [0.1, 0.15) is 5.82 Å². The van der Waals surface area contributed by atoms with Gasteiger partial charge in [-0.2, -0.15) is 0 Å². The second-order valence-electron chi connectivity index (χ2n) is 3.44. The normalized spacial score (nSPS) is 9.73. The first-order chi connectivity index (χ1) is 7.09. The van der Waals surface area contributed by atoms with E-state index in [-0.39, 0.29) is 5.91 Å². The van der Waals surface area contributed by atoms with Gasteiger partial charge in [0, 0.05) is 27.1 Å². The van der Waals surface area contributed by atoms with Gasteiger partial charge in [0.15, 0.2) is 0 Å². The van der Waals surface area contributed by atoms with E-state index in [4.69, 9.17) is 5.73 Å². The lowest BCUT2D eigenvalue weighted by molar-refractivity contribution is -0.128. The van der Waals surface area contributed by atoms with Gasteiger partial charge < -0.3 is 16.0 Å². The summed E-state index contributed by atoms with van der Waals surface area (Å²) in [7, 11) is 3.48. The predicted octanol–water partition coefficient (Wildman–Crippen LogP) is 0.554. The molecule has 0 radical (unpaired) electrons. The van der Waals surface area contributed by atoms with Crippen LogP contribution in [-0.4, -0.2) is 36.4 Å². The Morgan fingerprint density at radius 2 is 2.27 bits per heavy atom.